The number of fused-ring (bicyclic) bond motifs is 2. The Balaban J connectivity index is 1.91. The summed E-state index contributed by atoms with van der Waals surface area (Å²) < 4.78 is 11.1. The van der Waals surface area contributed by atoms with E-state index in [1.165, 1.54) is 6.07 Å². The van der Waals surface area contributed by atoms with Crippen LogP contribution in [-0.4, -0.2) is 11.7 Å². The Morgan fingerprint density at radius 1 is 1.17 bits per heavy atom. The van der Waals surface area contributed by atoms with Gasteiger partial charge in [-0.25, -0.2) is 4.79 Å². The SMILES string of the molecule is C=C1c2cc(C)ccc2OCC1c1c(O)ccc2oc(=O)ccc12. The summed E-state index contributed by atoms with van der Waals surface area (Å²) in [6.45, 7) is 6.63. The van der Waals surface area contributed by atoms with E-state index >= 15 is 0 Å². The average Bonchev–Trinajstić information content (AvgIpc) is 2.57. The van der Waals surface area contributed by atoms with Gasteiger partial charge in [0.15, 0.2) is 0 Å². The van der Waals surface area contributed by atoms with Crippen LogP contribution in [0.25, 0.3) is 16.5 Å². The molecule has 24 heavy (non-hydrogen) atoms. The standard InChI is InChI=1S/C20H16O4/c1-11-3-6-17-14(9-11)12(2)15(10-23-17)20-13-4-8-19(22)24-18(13)7-5-16(20)21/h3-9,15,21H,2,10H2,1H3. The van der Waals surface area contributed by atoms with Crippen molar-refractivity contribution in [2.24, 2.45) is 0 Å². The molecule has 0 aliphatic carbocycles. The molecule has 4 nitrogen and oxygen atoms in total. The van der Waals surface area contributed by atoms with Crippen molar-refractivity contribution in [3.05, 3.63) is 76.2 Å². The summed E-state index contributed by atoms with van der Waals surface area (Å²) in [4.78, 5) is 11.4. The van der Waals surface area contributed by atoms with Gasteiger partial charge in [0, 0.05) is 28.5 Å². The summed E-state index contributed by atoms with van der Waals surface area (Å²) in [6.07, 6.45) is 0. The van der Waals surface area contributed by atoms with Gasteiger partial charge in [0.05, 0.1) is 6.61 Å². The molecule has 1 unspecified atom stereocenters. The maximum Gasteiger partial charge on any atom is 0.336 e. The Bertz CT molecular complexity index is 1030. The van der Waals surface area contributed by atoms with E-state index in [0.29, 0.717) is 23.1 Å². The average molecular weight is 320 g/mol. The van der Waals surface area contributed by atoms with Gasteiger partial charge in [-0.2, -0.15) is 0 Å². The van der Waals surface area contributed by atoms with Crippen molar-refractivity contribution in [2.75, 3.05) is 6.61 Å². The van der Waals surface area contributed by atoms with Crippen LogP contribution in [0.3, 0.4) is 0 Å². The summed E-state index contributed by atoms with van der Waals surface area (Å²) in [5, 5.41) is 11.1. The Kier molecular flexibility index (Phi) is 3.20. The highest BCUT2D eigenvalue weighted by Crippen LogP contribution is 2.45. The third kappa shape index (κ3) is 2.19. The first-order valence-electron chi connectivity index (χ1n) is 7.73. The lowest BCUT2D eigenvalue weighted by Gasteiger charge is -2.29. The van der Waals surface area contributed by atoms with Crippen molar-refractivity contribution in [1.82, 2.24) is 0 Å². The molecule has 0 bridgehead atoms. The molecule has 3 aromatic rings. The molecule has 1 atom stereocenters. The smallest absolute Gasteiger partial charge is 0.336 e. The van der Waals surface area contributed by atoms with E-state index in [9.17, 15) is 9.90 Å². The van der Waals surface area contributed by atoms with Gasteiger partial charge in [-0.1, -0.05) is 18.2 Å². The predicted octanol–water partition coefficient (Wildman–Crippen LogP) is 4.00. The van der Waals surface area contributed by atoms with Crippen LogP contribution in [0.2, 0.25) is 0 Å². The first kappa shape index (κ1) is 14.6. The Labute approximate surface area is 138 Å². The van der Waals surface area contributed by atoms with Crippen molar-refractivity contribution >= 4 is 16.5 Å². The number of benzene rings is 2. The van der Waals surface area contributed by atoms with Crippen molar-refractivity contribution in [3.8, 4) is 11.5 Å². The highest BCUT2D eigenvalue weighted by Gasteiger charge is 2.29. The molecule has 1 aliphatic heterocycles. The van der Waals surface area contributed by atoms with Gasteiger partial charge in [0.25, 0.3) is 0 Å². The van der Waals surface area contributed by atoms with Gasteiger partial charge in [-0.05, 0) is 42.8 Å². The van der Waals surface area contributed by atoms with E-state index in [1.807, 2.05) is 25.1 Å². The Hall–Kier alpha value is -3.01. The van der Waals surface area contributed by atoms with Gasteiger partial charge >= 0.3 is 5.63 Å². The van der Waals surface area contributed by atoms with E-state index in [2.05, 4.69) is 6.58 Å². The second-order valence-electron chi connectivity index (χ2n) is 6.05. The van der Waals surface area contributed by atoms with E-state index < -0.39 is 5.63 Å². The number of hydrogen-bond donors (Lipinski definition) is 1. The molecule has 120 valence electrons. The van der Waals surface area contributed by atoms with E-state index in [0.717, 1.165) is 22.4 Å². The van der Waals surface area contributed by atoms with Gasteiger partial charge in [-0.3, -0.25) is 0 Å². The predicted molar refractivity (Wildman–Crippen MR) is 92.6 cm³/mol. The minimum absolute atomic E-state index is 0.141. The van der Waals surface area contributed by atoms with Crippen LogP contribution in [-0.2, 0) is 0 Å². The second-order valence-corrected chi connectivity index (χ2v) is 6.05. The fraction of sp³-hybridized carbons (Fsp3) is 0.150. The van der Waals surface area contributed by atoms with Gasteiger partial charge < -0.3 is 14.3 Å². The number of hydrogen-bond acceptors (Lipinski definition) is 4. The van der Waals surface area contributed by atoms with E-state index in [1.54, 1.807) is 18.2 Å². The Morgan fingerprint density at radius 3 is 2.83 bits per heavy atom. The summed E-state index contributed by atoms with van der Waals surface area (Å²) in [6, 6.07) is 12.1. The number of phenolic OH excluding ortho intramolecular Hbond substituents is 1. The summed E-state index contributed by atoms with van der Waals surface area (Å²) in [5.74, 6) is 0.728. The van der Waals surface area contributed by atoms with E-state index in [-0.39, 0.29) is 11.7 Å². The molecular weight excluding hydrogens is 304 g/mol. The first-order valence-corrected chi connectivity index (χ1v) is 7.73. The fourth-order valence-electron chi connectivity index (χ4n) is 3.27. The Morgan fingerprint density at radius 2 is 2.00 bits per heavy atom. The summed E-state index contributed by atoms with van der Waals surface area (Å²) in [5.41, 5.74) is 3.65. The molecule has 0 fully saturated rings. The first-order chi connectivity index (χ1) is 11.5. The lowest BCUT2D eigenvalue weighted by Crippen LogP contribution is -2.18. The molecule has 0 spiro atoms. The van der Waals surface area contributed by atoms with Crippen LogP contribution >= 0.6 is 0 Å². The maximum atomic E-state index is 11.4. The minimum Gasteiger partial charge on any atom is -0.508 e. The normalized spacial score (nSPS) is 16.7. The quantitative estimate of drug-likeness (QED) is 0.689. The van der Waals surface area contributed by atoms with Gasteiger partial charge in [0.2, 0.25) is 0 Å². The zero-order valence-corrected chi connectivity index (χ0v) is 13.2. The zero-order chi connectivity index (χ0) is 16.8. The van der Waals surface area contributed by atoms with Crippen molar-refractivity contribution in [2.45, 2.75) is 12.8 Å². The lowest BCUT2D eigenvalue weighted by atomic mass is 9.83. The molecule has 4 rings (SSSR count). The molecule has 1 N–H and O–H groups in total. The molecule has 1 aliphatic rings. The molecule has 0 saturated heterocycles. The summed E-state index contributed by atoms with van der Waals surface area (Å²) >= 11 is 0. The molecule has 1 aromatic heterocycles. The number of aryl methyl sites for hydroxylation is 1. The van der Waals surface area contributed by atoms with Crippen LogP contribution < -0.4 is 10.4 Å². The van der Waals surface area contributed by atoms with Gasteiger partial charge in [-0.15, -0.1) is 0 Å². The third-order valence-electron chi connectivity index (χ3n) is 4.48. The highest BCUT2D eigenvalue weighted by atomic mass is 16.5. The van der Waals surface area contributed by atoms with Crippen LogP contribution in [0.15, 0.2) is 58.3 Å². The van der Waals surface area contributed by atoms with Crippen LogP contribution in [0.5, 0.6) is 11.5 Å². The molecule has 0 saturated carbocycles. The molecular formula is C20H16O4. The number of phenols is 1. The number of aromatic hydroxyl groups is 1. The van der Waals surface area contributed by atoms with Crippen molar-refractivity contribution in [3.63, 3.8) is 0 Å². The monoisotopic (exact) mass is 320 g/mol. The third-order valence-corrected chi connectivity index (χ3v) is 4.48. The molecule has 0 amide bonds. The van der Waals surface area contributed by atoms with Crippen LogP contribution in [0.1, 0.15) is 22.6 Å². The van der Waals surface area contributed by atoms with Crippen LogP contribution in [0, 0.1) is 6.92 Å². The minimum atomic E-state index is -0.418. The highest BCUT2D eigenvalue weighted by molar-refractivity contribution is 5.88. The van der Waals surface area contributed by atoms with Gasteiger partial charge in [0.1, 0.15) is 17.1 Å². The van der Waals surface area contributed by atoms with Crippen molar-refractivity contribution < 1.29 is 14.3 Å². The topological polar surface area (TPSA) is 59.7 Å². The number of rotatable bonds is 1. The molecule has 2 aromatic carbocycles. The van der Waals surface area contributed by atoms with Crippen LogP contribution in [0.4, 0.5) is 0 Å². The zero-order valence-electron chi connectivity index (χ0n) is 13.2. The molecule has 0 radical (unpaired) electrons. The molecule has 2 heterocycles. The summed E-state index contributed by atoms with van der Waals surface area (Å²) in [7, 11) is 0. The fourth-order valence-corrected chi connectivity index (χ4v) is 3.27. The van der Waals surface area contributed by atoms with E-state index in [4.69, 9.17) is 9.15 Å². The van der Waals surface area contributed by atoms with Crippen molar-refractivity contribution in [1.29, 1.82) is 0 Å². The largest absolute Gasteiger partial charge is 0.508 e. The molecule has 4 heteroatoms. The maximum absolute atomic E-state index is 11.4. The second kappa shape index (κ2) is 5.27. The lowest BCUT2D eigenvalue weighted by molar-refractivity contribution is 0.295. The number of ether oxygens (including phenoxy) is 1.